The van der Waals surface area contributed by atoms with E-state index < -0.39 is 48.5 Å². The number of morpholine rings is 1. The summed E-state index contributed by atoms with van der Waals surface area (Å²) in [6.45, 7) is -1.66. The van der Waals surface area contributed by atoms with Crippen molar-refractivity contribution in [2.75, 3.05) is 43.6 Å². The normalized spacial score (nSPS) is 16.1. The van der Waals surface area contributed by atoms with Gasteiger partial charge in [0, 0.05) is 17.8 Å². The van der Waals surface area contributed by atoms with Crippen LogP contribution in [-0.2, 0) is 19.1 Å². The van der Waals surface area contributed by atoms with Gasteiger partial charge in [-0.2, -0.15) is 13.2 Å². The van der Waals surface area contributed by atoms with E-state index in [-0.39, 0.29) is 31.1 Å². The summed E-state index contributed by atoms with van der Waals surface area (Å²) in [5.41, 5.74) is 4.17. The van der Waals surface area contributed by atoms with Gasteiger partial charge in [0.15, 0.2) is 6.04 Å². The van der Waals surface area contributed by atoms with Gasteiger partial charge in [-0.1, -0.05) is 0 Å². The average Bonchev–Trinajstić information content (AvgIpc) is 2.60. The molecule has 0 aromatic heterocycles. The number of nitrogens with zero attached hydrogens (tertiary/aromatic N) is 2. The third kappa shape index (κ3) is 5.86. The Kier molecular flexibility index (Phi) is 7.31. The van der Waals surface area contributed by atoms with Gasteiger partial charge in [0.25, 0.3) is 18.2 Å². The molecule has 0 radical (unpaired) electrons. The second-order valence-electron chi connectivity index (χ2n) is 6.50. The van der Waals surface area contributed by atoms with Crippen LogP contribution >= 0.6 is 0 Å². The summed E-state index contributed by atoms with van der Waals surface area (Å²) >= 11 is 0. The van der Waals surface area contributed by atoms with Gasteiger partial charge < -0.3 is 20.7 Å². The van der Waals surface area contributed by atoms with Gasteiger partial charge in [-0.25, -0.2) is 8.78 Å². The maximum absolute atomic E-state index is 13.5. The van der Waals surface area contributed by atoms with Crippen molar-refractivity contribution >= 4 is 29.1 Å². The zero-order valence-corrected chi connectivity index (χ0v) is 15.7. The maximum atomic E-state index is 13.5. The fourth-order valence-electron chi connectivity index (χ4n) is 2.96. The molecule has 30 heavy (non-hydrogen) atoms. The standard InChI is InChI=1S/C17H19F5N4O4/c1-25(8-17(20,21)22)13(15(23)28)16(29)24-9-2-3-11(10(6-9)14(18)19)26-4-5-30-7-12(26)27/h2-3,6,13-14H,4-5,7-8H2,1H3,(H2,23,28)(H,24,29)/t13-/m1/s1. The number of benzene rings is 1. The van der Waals surface area contributed by atoms with Crippen molar-refractivity contribution in [1.82, 2.24) is 4.90 Å². The molecule has 0 bridgehead atoms. The number of nitrogens with one attached hydrogen (secondary N) is 1. The Labute approximate surface area is 167 Å². The lowest BCUT2D eigenvalue weighted by atomic mass is 10.1. The summed E-state index contributed by atoms with van der Waals surface area (Å²) < 4.78 is 69.7. The molecule has 13 heteroatoms. The lowest BCUT2D eigenvalue weighted by Gasteiger charge is -2.29. The van der Waals surface area contributed by atoms with Crippen LogP contribution in [-0.4, -0.2) is 68.2 Å². The summed E-state index contributed by atoms with van der Waals surface area (Å²) in [6, 6.07) is 1.24. The van der Waals surface area contributed by atoms with Crippen molar-refractivity contribution in [2.45, 2.75) is 18.6 Å². The van der Waals surface area contributed by atoms with Crippen molar-refractivity contribution in [2.24, 2.45) is 5.73 Å². The molecule has 1 saturated heterocycles. The zero-order valence-electron chi connectivity index (χ0n) is 15.7. The molecule has 8 nitrogen and oxygen atoms in total. The highest BCUT2D eigenvalue weighted by Gasteiger charge is 2.37. The van der Waals surface area contributed by atoms with Crippen molar-refractivity contribution in [3.63, 3.8) is 0 Å². The van der Waals surface area contributed by atoms with Gasteiger partial charge in [-0.3, -0.25) is 19.3 Å². The fraction of sp³-hybridized carbons (Fsp3) is 0.471. The Morgan fingerprint density at radius 3 is 2.53 bits per heavy atom. The summed E-state index contributed by atoms with van der Waals surface area (Å²) in [4.78, 5) is 37.2. The lowest BCUT2D eigenvalue weighted by molar-refractivity contribution is -0.154. The largest absolute Gasteiger partial charge is 0.401 e. The van der Waals surface area contributed by atoms with Crippen molar-refractivity contribution in [3.05, 3.63) is 23.8 Å². The van der Waals surface area contributed by atoms with E-state index in [0.717, 1.165) is 18.0 Å². The molecule has 1 fully saturated rings. The fourth-order valence-corrected chi connectivity index (χ4v) is 2.96. The molecule has 1 heterocycles. The molecular weight excluding hydrogens is 419 g/mol. The molecular formula is C17H19F5N4O4. The average molecular weight is 438 g/mol. The van der Waals surface area contributed by atoms with Crippen molar-refractivity contribution in [3.8, 4) is 0 Å². The number of halogens is 5. The number of carbonyl (C=O) groups is 3. The van der Waals surface area contributed by atoms with E-state index in [1.807, 2.05) is 0 Å². The number of ether oxygens (including phenoxy) is 1. The first-order chi connectivity index (χ1) is 13.9. The number of amides is 3. The predicted molar refractivity (Wildman–Crippen MR) is 94.9 cm³/mol. The first-order valence-corrected chi connectivity index (χ1v) is 8.58. The Hall–Kier alpha value is -2.80. The van der Waals surface area contributed by atoms with E-state index in [1.165, 1.54) is 12.1 Å². The number of rotatable bonds is 7. The third-order valence-corrected chi connectivity index (χ3v) is 4.19. The van der Waals surface area contributed by atoms with Crippen LogP contribution in [0.5, 0.6) is 0 Å². The monoisotopic (exact) mass is 438 g/mol. The Bertz CT molecular complexity index is 818. The van der Waals surface area contributed by atoms with E-state index >= 15 is 0 Å². The number of alkyl halides is 5. The van der Waals surface area contributed by atoms with Crippen LogP contribution < -0.4 is 16.0 Å². The molecule has 3 amide bonds. The highest BCUT2D eigenvalue weighted by atomic mass is 19.4. The predicted octanol–water partition coefficient (Wildman–Crippen LogP) is 1.27. The van der Waals surface area contributed by atoms with Crippen LogP contribution in [0.2, 0.25) is 0 Å². The van der Waals surface area contributed by atoms with E-state index in [2.05, 4.69) is 5.32 Å². The van der Waals surface area contributed by atoms with Crippen molar-refractivity contribution in [1.29, 1.82) is 0 Å². The van der Waals surface area contributed by atoms with E-state index in [0.29, 0.717) is 4.90 Å². The highest BCUT2D eigenvalue weighted by Crippen LogP contribution is 2.33. The molecule has 1 aromatic carbocycles. The Balaban J connectivity index is 2.26. The molecule has 166 valence electrons. The van der Waals surface area contributed by atoms with Crippen LogP contribution in [0.3, 0.4) is 0 Å². The topological polar surface area (TPSA) is 105 Å². The van der Waals surface area contributed by atoms with E-state index in [1.54, 1.807) is 0 Å². The number of hydrogen-bond donors (Lipinski definition) is 2. The number of anilines is 2. The maximum Gasteiger partial charge on any atom is 0.401 e. The highest BCUT2D eigenvalue weighted by molar-refractivity contribution is 6.09. The van der Waals surface area contributed by atoms with E-state index in [4.69, 9.17) is 10.5 Å². The smallest absolute Gasteiger partial charge is 0.370 e. The molecule has 0 spiro atoms. The van der Waals surface area contributed by atoms with Gasteiger partial charge in [-0.05, 0) is 25.2 Å². The first-order valence-electron chi connectivity index (χ1n) is 8.58. The van der Waals surface area contributed by atoms with Crippen LogP contribution in [0.1, 0.15) is 12.0 Å². The number of primary amides is 1. The SMILES string of the molecule is CN(CC(F)(F)F)[C@H](C(N)=O)C(=O)Nc1ccc(N2CCOCC2=O)c(C(F)F)c1. The first kappa shape index (κ1) is 23.5. The lowest BCUT2D eigenvalue weighted by Crippen LogP contribution is -2.52. The summed E-state index contributed by atoms with van der Waals surface area (Å²) in [5, 5.41) is 2.12. The second kappa shape index (κ2) is 9.34. The minimum Gasteiger partial charge on any atom is -0.370 e. The van der Waals surface area contributed by atoms with Crippen LogP contribution in [0, 0.1) is 0 Å². The van der Waals surface area contributed by atoms with Gasteiger partial charge in [0.2, 0.25) is 5.91 Å². The molecule has 1 aliphatic rings. The summed E-state index contributed by atoms with van der Waals surface area (Å²) in [7, 11) is 0.875. The minimum absolute atomic E-state index is 0.0518. The molecule has 0 unspecified atom stereocenters. The van der Waals surface area contributed by atoms with Crippen molar-refractivity contribution < 1.29 is 41.1 Å². The molecule has 2 rings (SSSR count). The van der Waals surface area contributed by atoms with Gasteiger partial charge in [-0.15, -0.1) is 0 Å². The molecule has 1 atom stereocenters. The van der Waals surface area contributed by atoms with E-state index in [9.17, 15) is 36.3 Å². The zero-order chi connectivity index (χ0) is 22.6. The number of hydrogen-bond acceptors (Lipinski definition) is 5. The Morgan fingerprint density at radius 2 is 2.00 bits per heavy atom. The van der Waals surface area contributed by atoms with Crippen LogP contribution in [0.25, 0.3) is 0 Å². The molecule has 1 aliphatic heterocycles. The van der Waals surface area contributed by atoms with Crippen LogP contribution in [0.15, 0.2) is 18.2 Å². The second-order valence-corrected chi connectivity index (χ2v) is 6.50. The summed E-state index contributed by atoms with van der Waals surface area (Å²) in [6.07, 6.45) is -7.72. The van der Waals surface area contributed by atoms with Gasteiger partial charge >= 0.3 is 6.18 Å². The van der Waals surface area contributed by atoms with Gasteiger partial charge in [0.1, 0.15) is 6.61 Å². The number of likely N-dealkylation sites (N-methyl/N-ethyl adjacent to an activating group) is 1. The molecule has 3 N–H and O–H groups in total. The molecule has 1 aromatic rings. The Morgan fingerprint density at radius 1 is 1.33 bits per heavy atom. The summed E-state index contributed by atoms with van der Waals surface area (Å²) in [5.74, 6) is -3.09. The van der Waals surface area contributed by atoms with Gasteiger partial charge in [0.05, 0.1) is 18.8 Å². The number of nitrogens with two attached hydrogens (primary N) is 1. The van der Waals surface area contributed by atoms with Crippen LogP contribution in [0.4, 0.5) is 33.3 Å². The minimum atomic E-state index is -4.70. The quantitative estimate of drug-likeness (QED) is 0.493. The number of carbonyl (C=O) groups excluding carboxylic acids is 3. The molecule has 0 aliphatic carbocycles. The third-order valence-electron chi connectivity index (χ3n) is 4.19. The molecule has 0 saturated carbocycles.